The molecule has 0 aromatic carbocycles. The Balaban J connectivity index is 1.79. The van der Waals surface area contributed by atoms with E-state index in [4.69, 9.17) is 0 Å². The molecule has 120 valence electrons. The maximum atomic E-state index is 12.3. The van der Waals surface area contributed by atoms with Gasteiger partial charge in [0.1, 0.15) is 0 Å². The summed E-state index contributed by atoms with van der Waals surface area (Å²) in [5, 5.41) is 12.3. The van der Waals surface area contributed by atoms with Gasteiger partial charge in [-0.15, -0.1) is 0 Å². The van der Waals surface area contributed by atoms with Crippen LogP contribution in [0.5, 0.6) is 0 Å². The van der Waals surface area contributed by atoms with Gasteiger partial charge in [0, 0.05) is 19.1 Å². The molecule has 0 aromatic heterocycles. The van der Waals surface area contributed by atoms with Crippen LogP contribution in [0.1, 0.15) is 59.3 Å². The standard InChI is InChI=1S/C16H28N2O3/c1-15(2)6-4-12(5-7-15)17-14(21)18-10-8-16(3,9-11-18)13(19)20/h12H,4-11H2,1-3H3,(H,17,21)(H,19,20). The first kappa shape index (κ1) is 16.1. The van der Waals surface area contributed by atoms with Crippen molar-refractivity contribution in [3.63, 3.8) is 0 Å². The van der Waals surface area contributed by atoms with Crippen LogP contribution in [0.2, 0.25) is 0 Å². The molecule has 2 aliphatic rings. The van der Waals surface area contributed by atoms with Crippen LogP contribution in [-0.4, -0.2) is 41.1 Å². The molecule has 0 unspecified atom stereocenters. The molecule has 2 amide bonds. The van der Waals surface area contributed by atoms with Crippen LogP contribution in [0.4, 0.5) is 4.79 Å². The van der Waals surface area contributed by atoms with Gasteiger partial charge in [0.15, 0.2) is 0 Å². The average molecular weight is 296 g/mol. The molecule has 0 spiro atoms. The van der Waals surface area contributed by atoms with Crippen molar-refractivity contribution < 1.29 is 14.7 Å². The number of aliphatic carboxylic acids is 1. The molecule has 5 heteroatoms. The lowest BCUT2D eigenvalue weighted by molar-refractivity contribution is -0.150. The molecule has 0 aromatic rings. The first-order valence-corrected chi connectivity index (χ1v) is 8.01. The van der Waals surface area contributed by atoms with Gasteiger partial charge in [0.2, 0.25) is 0 Å². The highest BCUT2D eigenvalue weighted by atomic mass is 16.4. The number of carbonyl (C=O) groups is 2. The van der Waals surface area contributed by atoms with Crippen molar-refractivity contribution in [2.45, 2.75) is 65.3 Å². The van der Waals surface area contributed by atoms with E-state index in [1.54, 1.807) is 11.8 Å². The molecule has 1 heterocycles. The lowest BCUT2D eigenvalue weighted by Gasteiger charge is -2.39. The van der Waals surface area contributed by atoms with Crippen LogP contribution >= 0.6 is 0 Å². The topological polar surface area (TPSA) is 69.6 Å². The smallest absolute Gasteiger partial charge is 0.317 e. The van der Waals surface area contributed by atoms with Crippen LogP contribution in [-0.2, 0) is 4.79 Å². The van der Waals surface area contributed by atoms with E-state index >= 15 is 0 Å². The number of hydrogen-bond acceptors (Lipinski definition) is 2. The van der Waals surface area contributed by atoms with Gasteiger partial charge >= 0.3 is 12.0 Å². The van der Waals surface area contributed by atoms with Gasteiger partial charge in [0.25, 0.3) is 0 Å². The molecule has 1 aliphatic carbocycles. The zero-order valence-electron chi connectivity index (χ0n) is 13.4. The van der Waals surface area contributed by atoms with Gasteiger partial charge in [-0.1, -0.05) is 13.8 Å². The van der Waals surface area contributed by atoms with Gasteiger partial charge in [-0.3, -0.25) is 4.79 Å². The number of carbonyl (C=O) groups excluding carboxylic acids is 1. The highest BCUT2D eigenvalue weighted by molar-refractivity contribution is 5.77. The molecular weight excluding hydrogens is 268 g/mol. The van der Waals surface area contributed by atoms with Crippen molar-refractivity contribution in [1.82, 2.24) is 10.2 Å². The molecule has 2 N–H and O–H groups in total. The Hall–Kier alpha value is -1.26. The van der Waals surface area contributed by atoms with Crippen molar-refractivity contribution in [2.24, 2.45) is 10.8 Å². The number of carboxylic acid groups (broad SMARTS) is 1. The number of piperidine rings is 1. The summed E-state index contributed by atoms with van der Waals surface area (Å²) in [4.78, 5) is 25.3. The first-order valence-electron chi connectivity index (χ1n) is 8.01. The monoisotopic (exact) mass is 296 g/mol. The van der Waals surface area contributed by atoms with E-state index in [2.05, 4.69) is 19.2 Å². The normalized spacial score (nSPS) is 25.4. The van der Waals surface area contributed by atoms with E-state index in [1.807, 2.05) is 0 Å². The molecule has 0 atom stereocenters. The third-order valence-electron chi connectivity index (χ3n) is 5.34. The summed E-state index contributed by atoms with van der Waals surface area (Å²) in [7, 11) is 0. The van der Waals surface area contributed by atoms with Gasteiger partial charge < -0.3 is 15.3 Å². The molecule has 0 bridgehead atoms. The fourth-order valence-corrected chi connectivity index (χ4v) is 3.23. The zero-order valence-corrected chi connectivity index (χ0v) is 13.4. The van der Waals surface area contributed by atoms with E-state index < -0.39 is 11.4 Å². The van der Waals surface area contributed by atoms with Crippen molar-refractivity contribution >= 4 is 12.0 Å². The third kappa shape index (κ3) is 3.89. The Morgan fingerprint density at radius 1 is 1.05 bits per heavy atom. The maximum Gasteiger partial charge on any atom is 0.317 e. The lowest BCUT2D eigenvalue weighted by atomic mass is 9.75. The third-order valence-corrected chi connectivity index (χ3v) is 5.34. The van der Waals surface area contributed by atoms with Crippen LogP contribution < -0.4 is 5.32 Å². The zero-order chi connectivity index (χ0) is 15.7. The summed E-state index contributed by atoms with van der Waals surface area (Å²) in [5.41, 5.74) is -0.276. The van der Waals surface area contributed by atoms with E-state index in [-0.39, 0.29) is 12.1 Å². The predicted octanol–water partition coefficient (Wildman–Crippen LogP) is 2.85. The van der Waals surface area contributed by atoms with Gasteiger partial charge in [-0.05, 0) is 50.9 Å². The van der Waals surface area contributed by atoms with E-state index in [0.717, 1.165) is 25.7 Å². The number of amides is 2. The second-order valence-corrected chi connectivity index (χ2v) is 7.74. The Morgan fingerprint density at radius 2 is 1.57 bits per heavy atom. The minimum absolute atomic E-state index is 0.0212. The predicted molar refractivity (Wildman–Crippen MR) is 81.1 cm³/mol. The maximum absolute atomic E-state index is 12.3. The summed E-state index contributed by atoms with van der Waals surface area (Å²) in [5.74, 6) is -0.753. The molecule has 2 fully saturated rings. The first-order chi connectivity index (χ1) is 9.72. The molecule has 0 radical (unpaired) electrons. The number of nitrogens with one attached hydrogen (secondary N) is 1. The van der Waals surface area contributed by atoms with Crippen LogP contribution in [0.3, 0.4) is 0 Å². The summed E-state index contributed by atoms with van der Waals surface area (Å²) in [6.07, 6.45) is 5.45. The number of nitrogens with zero attached hydrogens (tertiary/aromatic N) is 1. The summed E-state index contributed by atoms with van der Waals surface area (Å²) in [6.45, 7) is 7.40. The number of urea groups is 1. The van der Waals surface area contributed by atoms with E-state index in [0.29, 0.717) is 31.3 Å². The summed E-state index contributed by atoms with van der Waals surface area (Å²) >= 11 is 0. The van der Waals surface area contributed by atoms with Crippen molar-refractivity contribution in [1.29, 1.82) is 0 Å². The van der Waals surface area contributed by atoms with Gasteiger partial charge in [-0.2, -0.15) is 0 Å². The number of likely N-dealkylation sites (tertiary alicyclic amines) is 1. The fourth-order valence-electron chi connectivity index (χ4n) is 3.23. The summed E-state index contributed by atoms with van der Waals surface area (Å²) < 4.78 is 0. The van der Waals surface area contributed by atoms with E-state index in [1.165, 1.54) is 0 Å². The Morgan fingerprint density at radius 3 is 2.05 bits per heavy atom. The second kappa shape index (κ2) is 5.85. The molecule has 1 saturated heterocycles. The largest absolute Gasteiger partial charge is 0.481 e. The molecule has 21 heavy (non-hydrogen) atoms. The van der Waals surface area contributed by atoms with Crippen LogP contribution in [0, 0.1) is 10.8 Å². The van der Waals surface area contributed by atoms with Crippen molar-refractivity contribution in [3.8, 4) is 0 Å². The Kier molecular flexibility index (Phi) is 4.49. The molecule has 2 rings (SSSR count). The lowest BCUT2D eigenvalue weighted by Crippen LogP contribution is -2.51. The average Bonchev–Trinajstić information content (AvgIpc) is 2.42. The number of hydrogen-bond donors (Lipinski definition) is 2. The van der Waals surface area contributed by atoms with Gasteiger partial charge in [-0.25, -0.2) is 4.79 Å². The fraction of sp³-hybridized carbons (Fsp3) is 0.875. The Bertz CT molecular complexity index is 402. The highest BCUT2D eigenvalue weighted by Gasteiger charge is 2.38. The molecule has 1 aliphatic heterocycles. The highest BCUT2D eigenvalue weighted by Crippen LogP contribution is 2.35. The van der Waals surface area contributed by atoms with Crippen molar-refractivity contribution in [3.05, 3.63) is 0 Å². The summed E-state index contributed by atoms with van der Waals surface area (Å²) in [6, 6.07) is 0.255. The van der Waals surface area contributed by atoms with Crippen LogP contribution in [0.25, 0.3) is 0 Å². The Labute approximate surface area is 127 Å². The van der Waals surface area contributed by atoms with Gasteiger partial charge in [0.05, 0.1) is 5.41 Å². The molecule has 5 nitrogen and oxygen atoms in total. The minimum Gasteiger partial charge on any atom is -0.481 e. The SMILES string of the molecule is CC1(C)CCC(NC(=O)N2CCC(C)(C(=O)O)CC2)CC1. The van der Waals surface area contributed by atoms with Crippen molar-refractivity contribution in [2.75, 3.05) is 13.1 Å². The molecular formula is C16H28N2O3. The molecule has 1 saturated carbocycles. The second-order valence-electron chi connectivity index (χ2n) is 7.74. The number of rotatable bonds is 2. The van der Waals surface area contributed by atoms with E-state index in [9.17, 15) is 14.7 Å². The quantitative estimate of drug-likeness (QED) is 0.823. The minimum atomic E-state index is -0.753. The number of carboxylic acids is 1. The van der Waals surface area contributed by atoms with Crippen LogP contribution in [0.15, 0.2) is 0 Å².